The van der Waals surface area contributed by atoms with Crippen molar-refractivity contribution >= 4 is 28.4 Å². The fourth-order valence-electron chi connectivity index (χ4n) is 2.91. The van der Waals surface area contributed by atoms with Crippen LogP contribution in [0.2, 0.25) is 0 Å². The number of rotatable bonds is 10. The number of Topliss-reactive ketones (excluding diaryl/α,β-unsaturated/α-hetero) is 1. The number of carbonyl (C=O) groups is 1. The van der Waals surface area contributed by atoms with Gasteiger partial charge in [-0.25, -0.2) is 0 Å². The molecular weight excluding hydrogens is 351 g/mol. The van der Waals surface area contributed by atoms with Crippen LogP contribution < -0.4 is 0 Å². The van der Waals surface area contributed by atoms with Crippen LogP contribution in [-0.2, 0) is 9.53 Å². The van der Waals surface area contributed by atoms with Gasteiger partial charge in [-0.05, 0) is 31.6 Å². The number of carbonyl (C=O) groups excluding carboxylic acids is 1. The van der Waals surface area contributed by atoms with Crippen molar-refractivity contribution in [3.63, 3.8) is 0 Å². The van der Waals surface area contributed by atoms with Crippen LogP contribution in [-0.4, -0.2) is 22.9 Å². The van der Waals surface area contributed by atoms with Crippen LogP contribution in [0.4, 0.5) is 0 Å². The molecule has 0 radical (unpaired) electrons. The summed E-state index contributed by atoms with van der Waals surface area (Å²) in [4.78, 5) is 11.9. The second-order valence-electron chi connectivity index (χ2n) is 5.86. The van der Waals surface area contributed by atoms with E-state index in [2.05, 4.69) is 36.4 Å². The minimum absolute atomic E-state index is 0.345. The molecule has 112 valence electrons. The summed E-state index contributed by atoms with van der Waals surface area (Å²) in [6.45, 7) is 5.27. The van der Waals surface area contributed by atoms with Gasteiger partial charge in [0.05, 0.1) is 12.7 Å². The molecule has 0 unspecified atom stereocenters. The number of unbranched alkanes of at least 4 members (excludes halogenated alkanes) is 4. The van der Waals surface area contributed by atoms with E-state index in [0.717, 1.165) is 36.7 Å². The zero-order chi connectivity index (χ0) is 14.1. The molecule has 0 aromatic rings. The van der Waals surface area contributed by atoms with Gasteiger partial charge in [0, 0.05) is 17.3 Å². The highest BCUT2D eigenvalue weighted by Gasteiger charge is 2.33. The lowest BCUT2D eigenvalue weighted by Crippen LogP contribution is -2.20. The highest BCUT2D eigenvalue weighted by Crippen LogP contribution is 2.32. The molecule has 0 bridgehead atoms. The van der Waals surface area contributed by atoms with Gasteiger partial charge >= 0.3 is 0 Å². The van der Waals surface area contributed by atoms with Crippen molar-refractivity contribution in [2.45, 2.75) is 71.3 Å². The van der Waals surface area contributed by atoms with Crippen LogP contribution >= 0.6 is 22.6 Å². The van der Waals surface area contributed by atoms with Crippen molar-refractivity contribution in [2.75, 3.05) is 11.0 Å². The van der Waals surface area contributed by atoms with Crippen LogP contribution in [0.25, 0.3) is 0 Å². The summed E-state index contributed by atoms with van der Waals surface area (Å²) in [6, 6.07) is 0. The second kappa shape index (κ2) is 10.1. The minimum atomic E-state index is 0.345. The molecule has 3 heteroatoms. The van der Waals surface area contributed by atoms with E-state index in [4.69, 9.17) is 4.74 Å². The van der Waals surface area contributed by atoms with Gasteiger partial charge < -0.3 is 4.74 Å². The van der Waals surface area contributed by atoms with E-state index in [-0.39, 0.29) is 0 Å². The summed E-state index contributed by atoms with van der Waals surface area (Å²) < 4.78 is 6.86. The summed E-state index contributed by atoms with van der Waals surface area (Å²) >= 11 is 2.44. The standard InChI is InChI=1S/C16H29IO2/c1-3-4-5-6-7-8-15(18)9-10-16-13(2)19-12-14(16)11-17/h13-14,16H,3-12H2,1-2H3/t13-,14-,16-/m1/s1. The molecule has 1 saturated heterocycles. The number of ether oxygens (including phenoxy) is 1. The SMILES string of the molecule is CCCCCCCC(=O)CC[C@H]1[C@H](CI)CO[C@@H]1C. The topological polar surface area (TPSA) is 26.3 Å². The lowest BCUT2D eigenvalue weighted by molar-refractivity contribution is -0.119. The largest absolute Gasteiger partial charge is 0.378 e. The summed E-state index contributed by atoms with van der Waals surface area (Å²) in [5, 5.41) is 0. The molecule has 19 heavy (non-hydrogen) atoms. The summed E-state index contributed by atoms with van der Waals surface area (Å²) in [5.74, 6) is 1.72. The van der Waals surface area contributed by atoms with Crippen molar-refractivity contribution in [3.8, 4) is 0 Å². The number of ketones is 1. The quantitative estimate of drug-likeness (QED) is 0.310. The molecule has 0 aromatic carbocycles. The molecule has 1 fully saturated rings. The Hall–Kier alpha value is 0.360. The molecule has 0 spiro atoms. The van der Waals surface area contributed by atoms with Gasteiger partial charge in [0.15, 0.2) is 0 Å². The Morgan fingerprint density at radius 3 is 2.63 bits per heavy atom. The lowest BCUT2D eigenvalue weighted by atomic mass is 9.87. The van der Waals surface area contributed by atoms with E-state index in [9.17, 15) is 4.79 Å². The first-order valence-electron chi connectivity index (χ1n) is 7.88. The molecule has 0 saturated carbocycles. The van der Waals surface area contributed by atoms with Crippen LogP contribution in [0.15, 0.2) is 0 Å². The Kier molecular flexibility index (Phi) is 9.29. The summed E-state index contributed by atoms with van der Waals surface area (Å²) in [5.41, 5.74) is 0. The predicted octanol–water partition coefficient (Wildman–Crippen LogP) is 4.78. The van der Waals surface area contributed by atoms with E-state index < -0.39 is 0 Å². The van der Waals surface area contributed by atoms with Crippen molar-refractivity contribution in [3.05, 3.63) is 0 Å². The van der Waals surface area contributed by atoms with Gasteiger partial charge in [-0.15, -0.1) is 0 Å². The van der Waals surface area contributed by atoms with E-state index in [1.807, 2.05) is 0 Å². The molecular formula is C16H29IO2. The first-order chi connectivity index (χ1) is 9.19. The first kappa shape index (κ1) is 17.4. The monoisotopic (exact) mass is 380 g/mol. The molecule has 3 atom stereocenters. The summed E-state index contributed by atoms with van der Waals surface area (Å²) in [6.07, 6.45) is 9.10. The van der Waals surface area contributed by atoms with Crippen molar-refractivity contribution in [1.29, 1.82) is 0 Å². The summed E-state index contributed by atoms with van der Waals surface area (Å²) in [7, 11) is 0. The zero-order valence-electron chi connectivity index (χ0n) is 12.5. The maximum absolute atomic E-state index is 11.9. The molecule has 1 rings (SSSR count). The molecule has 0 aromatic heterocycles. The fourth-order valence-corrected chi connectivity index (χ4v) is 3.82. The average molecular weight is 380 g/mol. The number of alkyl halides is 1. The molecule has 0 N–H and O–H groups in total. The van der Waals surface area contributed by atoms with Gasteiger partial charge in [0.2, 0.25) is 0 Å². The second-order valence-corrected chi connectivity index (χ2v) is 6.74. The Morgan fingerprint density at radius 1 is 1.21 bits per heavy atom. The van der Waals surface area contributed by atoms with E-state index in [1.165, 1.54) is 25.7 Å². The first-order valence-corrected chi connectivity index (χ1v) is 9.40. The molecule has 1 heterocycles. The van der Waals surface area contributed by atoms with Crippen molar-refractivity contribution in [1.82, 2.24) is 0 Å². The van der Waals surface area contributed by atoms with Gasteiger partial charge in [0.1, 0.15) is 5.78 Å². The lowest BCUT2D eigenvalue weighted by Gasteiger charge is -2.18. The molecule has 0 amide bonds. The third-order valence-corrected chi connectivity index (χ3v) is 5.43. The minimum Gasteiger partial charge on any atom is -0.378 e. The van der Waals surface area contributed by atoms with Crippen LogP contribution in [0, 0.1) is 11.8 Å². The smallest absolute Gasteiger partial charge is 0.132 e. The molecule has 2 nitrogen and oxygen atoms in total. The molecule has 1 aliphatic rings. The highest BCUT2D eigenvalue weighted by atomic mass is 127. The van der Waals surface area contributed by atoms with Crippen molar-refractivity contribution in [2.24, 2.45) is 11.8 Å². The van der Waals surface area contributed by atoms with E-state index in [1.54, 1.807) is 0 Å². The van der Waals surface area contributed by atoms with Gasteiger partial charge in [-0.1, -0.05) is 55.2 Å². The van der Waals surface area contributed by atoms with Crippen molar-refractivity contribution < 1.29 is 9.53 Å². The fraction of sp³-hybridized carbons (Fsp3) is 0.938. The van der Waals surface area contributed by atoms with Gasteiger partial charge in [-0.2, -0.15) is 0 Å². The Labute approximate surface area is 132 Å². The normalized spacial score (nSPS) is 26.8. The molecule has 1 aliphatic heterocycles. The number of hydrogen-bond donors (Lipinski definition) is 0. The maximum Gasteiger partial charge on any atom is 0.132 e. The average Bonchev–Trinajstić information content (AvgIpc) is 2.76. The van der Waals surface area contributed by atoms with Gasteiger partial charge in [-0.3, -0.25) is 4.79 Å². The van der Waals surface area contributed by atoms with Crippen LogP contribution in [0.3, 0.4) is 0 Å². The van der Waals surface area contributed by atoms with Gasteiger partial charge in [0.25, 0.3) is 0 Å². The number of halogens is 1. The van der Waals surface area contributed by atoms with Crippen LogP contribution in [0.1, 0.15) is 65.2 Å². The Bertz CT molecular complexity index is 255. The van der Waals surface area contributed by atoms with Crippen LogP contribution in [0.5, 0.6) is 0 Å². The maximum atomic E-state index is 11.9. The zero-order valence-corrected chi connectivity index (χ0v) is 14.7. The third kappa shape index (κ3) is 6.56. The van der Waals surface area contributed by atoms with E-state index >= 15 is 0 Å². The number of hydrogen-bond acceptors (Lipinski definition) is 2. The predicted molar refractivity (Wildman–Crippen MR) is 88.9 cm³/mol. The molecule has 0 aliphatic carbocycles. The Balaban J connectivity index is 2.12. The highest BCUT2D eigenvalue weighted by molar-refractivity contribution is 14.1. The Morgan fingerprint density at radius 2 is 1.95 bits per heavy atom. The van der Waals surface area contributed by atoms with E-state index in [0.29, 0.717) is 23.7 Å². The third-order valence-electron chi connectivity index (χ3n) is 4.30.